The number of ether oxygens (including phenoxy) is 2. The first-order valence-electron chi connectivity index (χ1n) is 11.1. The topological polar surface area (TPSA) is 57.5 Å². The Bertz CT molecular complexity index is 1390. The highest BCUT2D eigenvalue weighted by Crippen LogP contribution is 2.42. The van der Waals surface area contributed by atoms with E-state index in [4.69, 9.17) is 9.47 Å². The highest BCUT2D eigenvalue weighted by atomic mass is 16.6. The van der Waals surface area contributed by atoms with E-state index in [0.717, 1.165) is 16.5 Å². The molecule has 0 aliphatic rings. The van der Waals surface area contributed by atoms with Gasteiger partial charge in [-0.3, -0.25) is 0 Å². The molecule has 0 amide bonds. The maximum atomic E-state index is 13.4. The third kappa shape index (κ3) is 4.50. The number of para-hydroxylation sites is 1. The first kappa shape index (κ1) is 23.1. The molecule has 0 aliphatic heterocycles. The van der Waals surface area contributed by atoms with Crippen LogP contribution in [-0.4, -0.2) is 22.2 Å². The van der Waals surface area contributed by atoms with Gasteiger partial charge in [-0.1, -0.05) is 79.4 Å². The molecule has 0 radical (unpaired) electrons. The molecule has 34 heavy (non-hydrogen) atoms. The van der Waals surface area contributed by atoms with Gasteiger partial charge in [0.2, 0.25) is 5.88 Å². The number of hydrogen-bond donors (Lipinski definition) is 0. The molecule has 4 aromatic rings. The first-order valence-corrected chi connectivity index (χ1v) is 11.1. The summed E-state index contributed by atoms with van der Waals surface area (Å²) >= 11 is 0. The summed E-state index contributed by atoms with van der Waals surface area (Å²) in [4.78, 5) is 26.6. The van der Waals surface area contributed by atoms with Crippen LogP contribution < -0.4 is 4.74 Å². The van der Waals surface area contributed by atoms with Crippen molar-refractivity contribution in [2.45, 2.75) is 33.3 Å². The van der Waals surface area contributed by atoms with Gasteiger partial charge in [0.25, 0.3) is 0 Å². The van der Waals surface area contributed by atoms with Gasteiger partial charge in [-0.15, -0.1) is 0 Å². The fourth-order valence-corrected chi connectivity index (χ4v) is 3.82. The molecule has 0 spiro atoms. The lowest BCUT2D eigenvalue weighted by molar-refractivity contribution is -0.128. The Morgan fingerprint density at radius 3 is 2.15 bits per heavy atom. The average molecular weight is 454 g/mol. The van der Waals surface area contributed by atoms with E-state index in [1.54, 1.807) is 32.9 Å². The van der Waals surface area contributed by atoms with Crippen molar-refractivity contribution in [3.8, 4) is 17.0 Å². The van der Waals surface area contributed by atoms with Crippen LogP contribution >= 0.6 is 0 Å². The molecular weight excluding hydrogens is 426 g/mol. The Morgan fingerprint density at radius 1 is 0.853 bits per heavy atom. The average Bonchev–Trinajstić information content (AvgIpc) is 3.12. The van der Waals surface area contributed by atoms with Crippen molar-refractivity contribution in [2.24, 2.45) is 0 Å². The fraction of sp³-hybridized carbons (Fsp3) is 0.172. The van der Waals surface area contributed by atoms with Gasteiger partial charge in [0.1, 0.15) is 5.60 Å². The van der Waals surface area contributed by atoms with Gasteiger partial charge >= 0.3 is 12.1 Å². The number of esters is 1. The Kier molecular flexibility index (Phi) is 6.12. The fourth-order valence-electron chi connectivity index (χ4n) is 3.82. The molecular formula is C29H27NO4. The lowest BCUT2D eigenvalue weighted by Gasteiger charge is -2.21. The van der Waals surface area contributed by atoms with Crippen molar-refractivity contribution in [2.75, 3.05) is 0 Å². The van der Waals surface area contributed by atoms with Crippen LogP contribution in [0.5, 0.6) is 5.88 Å². The number of carbonyl (C=O) groups excluding carboxylic acids is 2. The largest absolute Gasteiger partial charge is 0.443 e. The number of carbonyl (C=O) groups is 2. The molecule has 1 heterocycles. The molecule has 0 atom stereocenters. The predicted octanol–water partition coefficient (Wildman–Crippen LogP) is 7.02. The highest BCUT2D eigenvalue weighted by Gasteiger charge is 2.30. The number of rotatable bonds is 4. The third-order valence-electron chi connectivity index (χ3n) is 5.38. The SMILES string of the molecule is C=C(C(=O)Oc1c(-c2ccccc2C)c2ccccc2n1C(=O)OC(C)(C)C)c1ccccc1. The van der Waals surface area contributed by atoms with Crippen LogP contribution in [0.4, 0.5) is 4.79 Å². The highest BCUT2D eigenvalue weighted by molar-refractivity contribution is 6.17. The van der Waals surface area contributed by atoms with E-state index in [1.165, 1.54) is 4.57 Å². The summed E-state index contributed by atoms with van der Waals surface area (Å²) in [6.45, 7) is 11.3. The second-order valence-corrected chi connectivity index (χ2v) is 9.06. The minimum Gasteiger partial charge on any atom is -0.443 e. The Morgan fingerprint density at radius 2 is 1.47 bits per heavy atom. The number of aryl methyl sites for hydroxylation is 1. The quantitative estimate of drug-likeness (QED) is 0.246. The maximum Gasteiger partial charge on any atom is 0.421 e. The molecule has 0 saturated heterocycles. The van der Waals surface area contributed by atoms with E-state index in [-0.39, 0.29) is 11.5 Å². The summed E-state index contributed by atoms with van der Waals surface area (Å²) in [6, 6.07) is 24.3. The third-order valence-corrected chi connectivity index (χ3v) is 5.38. The number of aromatic nitrogens is 1. The van der Waals surface area contributed by atoms with Crippen LogP contribution in [0, 0.1) is 6.92 Å². The molecule has 0 aliphatic carbocycles. The number of fused-ring (bicyclic) bond motifs is 1. The van der Waals surface area contributed by atoms with Gasteiger partial charge < -0.3 is 9.47 Å². The smallest absolute Gasteiger partial charge is 0.421 e. The van der Waals surface area contributed by atoms with Crippen LogP contribution in [-0.2, 0) is 9.53 Å². The standard InChI is InChI=1S/C29H27NO4/c1-19-13-9-10-16-22(19)25-23-17-11-12-18-24(23)30(28(32)34-29(3,4)5)26(25)33-27(31)20(2)21-14-7-6-8-15-21/h6-18H,2H2,1,3-5H3. The van der Waals surface area contributed by atoms with Gasteiger partial charge in [-0.2, -0.15) is 0 Å². The van der Waals surface area contributed by atoms with Crippen LogP contribution in [0.15, 0.2) is 85.4 Å². The molecule has 4 rings (SSSR count). The molecule has 0 bridgehead atoms. The van der Waals surface area contributed by atoms with E-state index in [0.29, 0.717) is 16.6 Å². The number of hydrogen-bond acceptors (Lipinski definition) is 4. The number of nitrogens with zero attached hydrogens (tertiary/aromatic N) is 1. The van der Waals surface area contributed by atoms with Crippen LogP contribution in [0.1, 0.15) is 31.9 Å². The summed E-state index contributed by atoms with van der Waals surface area (Å²) in [5.74, 6) is -0.541. The summed E-state index contributed by atoms with van der Waals surface area (Å²) in [6.07, 6.45) is -0.628. The van der Waals surface area contributed by atoms with Crippen molar-refractivity contribution < 1.29 is 19.1 Å². The number of benzene rings is 3. The molecule has 3 aromatic carbocycles. The van der Waals surface area contributed by atoms with E-state index < -0.39 is 17.7 Å². The van der Waals surface area contributed by atoms with E-state index >= 15 is 0 Å². The van der Waals surface area contributed by atoms with Crippen molar-refractivity contribution in [3.05, 3.63) is 96.6 Å². The Labute approximate surface area is 199 Å². The van der Waals surface area contributed by atoms with Crippen LogP contribution in [0.25, 0.3) is 27.6 Å². The minimum atomic E-state index is -0.736. The van der Waals surface area contributed by atoms with Gasteiger partial charge in [-0.05, 0) is 50.5 Å². The van der Waals surface area contributed by atoms with Crippen molar-refractivity contribution in [1.82, 2.24) is 4.57 Å². The monoisotopic (exact) mass is 453 g/mol. The lowest BCUT2D eigenvalue weighted by atomic mass is 9.99. The normalized spacial score (nSPS) is 11.3. The Balaban J connectivity index is 1.94. The molecule has 1 aromatic heterocycles. The molecule has 0 N–H and O–H groups in total. The van der Waals surface area contributed by atoms with Gasteiger partial charge in [-0.25, -0.2) is 14.2 Å². The van der Waals surface area contributed by atoms with Crippen molar-refractivity contribution in [1.29, 1.82) is 0 Å². The maximum absolute atomic E-state index is 13.4. The zero-order valence-electron chi connectivity index (χ0n) is 19.8. The zero-order chi connectivity index (χ0) is 24.5. The Hall–Kier alpha value is -4.12. The van der Waals surface area contributed by atoms with Gasteiger partial charge in [0.15, 0.2) is 0 Å². The molecule has 172 valence electrons. The van der Waals surface area contributed by atoms with Crippen molar-refractivity contribution in [3.63, 3.8) is 0 Å². The molecule has 5 heteroatoms. The van der Waals surface area contributed by atoms with Gasteiger partial charge in [0, 0.05) is 5.39 Å². The molecule has 0 saturated carbocycles. The van der Waals surface area contributed by atoms with E-state index in [9.17, 15) is 9.59 Å². The van der Waals surface area contributed by atoms with Crippen LogP contribution in [0.3, 0.4) is 0 Å². The predicted molar refractivity (Wildman–Crippen MR) is 135 cm³/mol. The molecule has 5 nitrogen and oxygen atoms in total. The van der Waals surface area contributed by atoms with Crippen molar-refractivity contribution >= 4 is 28.5 Å². The molecule has 0 unspecified atom stereocenters. The first-order chi connectivity index (χ1) is 16.2. The van der Waals surface area contributed by atoms with Crippen LogP contribution in [0.2, 0.25) is 0 Å². The summed E-state index contributed by atoms with van der Waals surface area (Å²) in [5.41, 5.74) is 3.17. The second-order valence-electron chi connectivity index (χ2n) is 9.06. The van der Waals surface area contributed by atoms with E-state index in [2.05, 4.69) is 6.58 Å². The summed E-state index contributed by atoms with van der Waals surface area (Å²) in [7, 11) is 0. The summed E-state index contributed by atoms with van der Waals surface area (Å²) < 4.78 is 13.0. The van der Waals surface area contributed by atoms with E-state index in [1.807, 2.05) is 73.7 Å². The lowest BCUT2D eigenvalue weighted by Crippen LogP contribution is -2.28. The minimum absolute atomic E-state index is 0.104. The zero-order valence-corrected chi connectivity index (χ0v) is 19.8. The second kappa shape index (κ2) is 9.02. The summed E-state index contributed by atoms with van der Waals surface area (Å²) in [5, 5.41) is 0.774. The van der Waals surface area contributed by atoms with Gasteiger partial charge in [0.05, 0.1) is 16.7 Å². The molecule has 0 fully saturated rings.